The van der Waals surface area contributed by atoms with E-state index in [2.05, 4.69) is 217 Å². The molecule has 292 valence electrons. The molecule has 0 saturated heterocycles. The van der Waals surface area contributed by atoms with Crippen molar-refractivity contribution in [3.05, 3.63) is 229 Å². The molecule has 0 fully saturated rings. The third kappa shape index (κ3) is 8.75. The Labute approximate surface area is 371 Å². The number of hydrogen-bond acceptors (Lipinski definition) is 0. The first-order chi connectivity index (χ1) is 29.0. The smallest absolute Gasteiger partial charge is 0.172 e. The summed E-state index contributed by atoms with van der Waals surface area (Å²) in [6.07, 6.45) is 0. The second kappa shape index (κ2) is 17.5. The molecule has 0 amide bonds. The van der Waals surface area contributed by atoms with Gasteiger partial charge in [-0.2, -0.15) is 18.2 Å². The molecule has 0 aliphatic heterocycles. The standard InChI is InChI=1S/C33H33.C21H14.C5H5.Zr/c1-32(2,3)30-20-26-24(18-28(30)22-13-9-7-10-14-22)17-25-19-29(23-15-11-8-12-16-23)31(21-27(25)26)33(4,5)6;1-3-13-20-16(7-1)9-5-11-18(20)15-19-12-6-10-17-8-2-4-14-21(17)19;1-2-4-5-3-1;/h7-21H,1-6H3;1-14H;1-5H;/q-1;;-1;+2. The molecule has 0 atom stereocenters. The first kappa shape index (κ1) is 41.0. The molecule has 0 spiro atoms. The van der Waals surface area contributed by atoms with Crippen molar-refractivity contribution in [1.82, 2.24) is 0 Å². The molecule has 0 N–H and O–H groups in total. The zero-order chi connectivity index (χ0) is 41.9. The van der Waals surface area contributed by atoms with E-state index < -0.39 is 0 Å². The van der Waals surface area contributed by atoms with Gasteiger partial charge in [-0.25, -0.2) is 12.1 Å². The summed E-state index contributed by atoms with van der Waals surface area (Å²) in [5, 5.41) is 10.7. The molecule has 10 aromatic carbocycles. The van der Waals surface area contributed by atoms with Gasteiger partial charge in [0.2, 0.25) is 0 Å². The summed E-state index contributed by atoms with van der Waals surface area (Å²) >= 11 is 1.44. The topological polar surface area (TPSA) is 0 Å². The van der Waals surface area contributed by atoms with Crippen LogP contribution in [0.1, 0.15) is 63.8 Å². The maximum Gasteiger partial charge on any atom is -0.172 e. The van der Waals surface area contributed by atoms with E-state index in [9.17, 15) is 0 Å². The molecular formula is C59H52Zr. The van der Waals surface area contributed by atoms with E-state index in [1.807, 2.05) is 30.3 Å². The maximum atomic E-state index is 2.45. The summed E-state index contributed by atoms with van der Waals surface area (Å²) in [4.78, 5) is 0. The van der Waals surface area contributed by atoms with Gasteiger partial charge in [-0.15, -0.1) is 39.7 Å². The van der Waals surface area contributed by atoms with Gasteiger partial charge in [0.25, 0.3) is 0 Å². The van der Waals surface area contributed by atoms with Crippen molar-refractivity contribution in [2.75, 3.05) is 0 Å². The summed E-state index contributed by atoms with van der Waals surface area (Å²) in [7, 11) is 0. The molecule has 0 heterocycles. The maximum absolute atomic E-state index is 2.45. The summed E-state index contributed by atoms with van der Waals surface area (Å²) in [6.45, 7) is 13.9. The molecule has 0 unspecified atom stereocenters. The van der Waals surface area contributed by atoms with Gasteiger partial charge in [-0.1, -0.05) is 114 Å². The number of benzene rings is 8. The van der Waals surface area contributed by atoms with Crippen LogP contribution in [0.5, 0.6) is 0 Å². The second-order valence-electron chi connectivity index (χ2n) is 17.7. The Hall–Kier alpha value is -5.75. The zero-order valence-electron chi connectivity index (χ0n) is 35.6. The molecule has 0 aliphatic carbocycles. The normalized spacial score (nSPS) is 11.6. The van der Waals surface area contributed by atoms with Gasteiger partial charge >= 0.3 is 145 Å². The van der Waals surface area contributed by atoms with Crippen LogP contribution in [0.2, 0.25) is 0 Å². The van der Waals surface area contributed by atoms with Crippen molar-refractivity contribution >= 4 is 46.3 Å². The van der Waals surface area contributed by atoms with Crippen LogP contribution in [-0.2, 0) is 35.1 Å². The minimum absolute atomic E-state index is 0.0554. The first-order valence-electron chi connectivity index (χ1n) is 21.0. The number of fused-ring (bicyclic) bond motifs is 5. The Morgan fingerprint density at radius 3 is 1.17 bits per heavy atom. The van der Waals surface area contributed by atoms with Crippen LogP contribution < -0.4 is 0 Å². The summed E-state index contributed by atoms with van der Waals surface area (Å²) < 4.78 is 1.42. The van der Waals surface area contributed by atoms with E-state index in [0.717, 1.165) is 0 Å². The first-order valence-corrected chi connectivity index (χ1v) is 22.2. The van der Waals surface area contributed by atoms with Gasteiger partial charge in [-0.05, 0) is 44.2 Å². The van der Waals surface area contributed by atoms with Gasteiger partial charge < -0.3 is 0 Å². The zero-order valence-corrected chi connectivity index (χ0v) is 38.1. The average molecular weight is 852 g/mol. The van der Waals surface area contributed by atoms with Crippen LogP contribution in [0.4, 0.5) is 0 Å². The SMILES string of the molecule is CC(C)(C)c1cc2c(cc1-c1ccccc1)[cH-]c1cc(-c3ccccc3)c(C(C)(C)C)cc12.[Zr+2]=[C](c1cccc2ccccc12)c1cccc2ccccc12.c1cc[cH-]c1. The molecule has 0 saturated carbocycles. The van der Waals surface area contributed by atoms with E-state index >= 15 is 0 Å². The molecular weight excluding hydrogens is 800 g/mol. The molecule has 60 heavy (non-hydrogen) atoms. The molecule has 0 radical (unpaired) electrons. The van der Waals surface area contributed by atoms with Gasteiger partial charge in [-0.3, -0.25) is 0 Å². The van der Waals surface area contributed by atoms with Crippen LogP contribution in [0.25, 0.3) is 65.3 Å². The molecule has 1 heteroatoms. The minimum atomic E-state index is 0.0554. The van der Waals surface area contributed by atoms with Crippen molar-refractivity contribution in [2.24, 2.45) is 0 Å². The number of rotatable bonds is 4. The van der Waals surface area contributed by atoms with Crippen molar-refractivity contribution in [2.45, 2.75) is 52.4 Å². The van der Waals surface area contributed by atoms with Gasteiger partial charge in [0, 0.05) is 0 Å². The molecule has 0 aromatic heterocycles. The average Bonchev–Trinajstić information content (AvgIpc) is 3.97. The van der Waals surface area contributed by atoms with Crippen LogP contribution >= 0.6 is 0 Å². The van der Waals surface area contributed by atoms with Crippen molar-refractivity contribution in [3.63, 3.8) is 0 Å². The summed E-state index contributed by atoms with van der Waals surface area (Å²) in [5.41, 5.74) is 10.9. The van der Waals surface area contributed by atoms with Crippen molar-refractivity contribution in [1.29, 1.82) is 0 Å². The monoisotopic (exact) mass is 850 g/mol. The van der Waals surface area contributed by atoms with E-state index in [1.54, 1.807) is 0 Å². The third-order valence-corrected chi connectivity index (χ3v) is 12.8. The van der Waals surface area contributed by atoms with Crippen LogP contribution in [0, 0.1) is 0 Å². The van der Waals surface area contributed by atoms with Crippen LogP contribution in [-0.4, -0.2) is 3.21 Å². The second-order valence-corrected chi connectivity index (χ2v) is 19.0. The van der Waals surface area contributed by atoms with Gasteiger partial charge in [0.05, 0.1) is 0 Å². The fourth-order valence-corrected chi connectivity index (χ4v) is 9.48. The molecule has 0 bridgehead atoms. The Kier molecular flexibility index (Phi) is 11.9. The molecule has 0 nitrogen and oxygen atoms in total. The predicted octanol–water partition coefficient (Wildman–Crippen LogP) is 16.2. The van der Waals surface area contributed by atoms with Crippen LogP contribution in [0.15, 0.2) is 206 Å². The molecule has 0 aliphatic rings. The van der Waals surface area contributed by atoms with E-state index in [-0.39, 0.29) is 10.8 Å². The van der Waals surface area contributed by atoms with Gasteiger partial charge in [0.15, 0.2) is 0 Å². The Bertz CT molecular complexity index is 2820. The largest absolute Gasteiger partial charge is 0.214 e. The van der Waals surface area contributed by atoms with Crippen molar-refractivity contribution in [3.8, 4) is 22.3 Å². The molecule has 10 rings (SSSR count). The van der Waals surface area contributed by atoms with Crippen LogP contribution in [0.3, 0.4) is 0 Å². The Morgan fingerprint density at radius 2 is 0.783 bits per heavy atom. The fourth-order valence-electron chi connectivity index (χ4n) is 8.41. The van der Waals surface area contributed by atoms with Gasteiger partial charge in [0.1, 0.15) is 0 Å². The predicted molar refractivity (Wildman–Crippen MR) is 258 cm³/mol. The quantitative estimate of drug-likeness (QED) is 0.155. The Morgan fingerprint density at radius 1 is 0.400 bits per heavy atom. The third-order valence-electron chi connectivity index (χ3n) is 11.4. The summed E-state index contributed by atoms with van der Waals surface area (Å²) in [5.74, 6) is 0. The minimum Gasteiger partial charge on any atom is -0.214 e. The van der Waals surface area contributed by atoms with E-state index in [1.165, 1.54) is 115 Å². The molecule has 10 aromatic rings. The Balaban J connectivity index is 0.000000158. The van der Waals surface area contributed by atoms with Crippen molar-refractivity contribution < 1.29 is 24.2 Å². The van der Waals surface area contributed by atoms with E-state index in [4.69, 9.17) is 0 Å². The van der Waals surface area contributed by atoms with E-state index in [0.29, 0.717) is 0 Å². The fraction of sp³-hybridized carbons (Fsp3) is 0.136. The number of hydrogen-bond donors (Lipinski definition) is 0. The summed E-state index contributed by atoms with van der Waals surface area (Å²) in [6, 6.07) is 74.2.